The van der Waals surface area contributed by atoms with Crippen LogP contribution in [-0.2, 0) is 0 Å². The van der Waals surface area contributed by atoms with Crippen molar-refractivity contribution in [1.29, 1.82) is 5.26 Å². The number of rotatable bonds is 1. The Bertz CT molecular complexity index is 241. The fourth-order valence-corrected chi connectivity index (χ4v) is 0.763. The van der Waals surface area contributed by atoms with Crippen molar-refractivity contribution < 1.29 is 0 Å². The van der Waals surface area contributed by atoms with Crippen molar-refractivity contribution in [2.24, 2.45) is 0 Å². The Morgan fingerprint density at radius 3 is 2.33 bits per heavy atom. The largest absolute Gasteiger partial charge is 0.258 e. The molecule has 0 amide bonds. The quantitative estimate of drug-likeness (QED) is 0.657. The smallest absolute Gasteiger partial charge is 0.149 e. The lowest BCUT2D eigenvalue weighted by molar-refractivity contribution is 1.15. The van der Waals surface area contributed by atoms with Gasteiger partial charge in [-0.15, -0.1) is 0 Å². The molecule has 0 aliphatic heterocycles. The van der Waals surface area contributed by atoms with E-state index < -0.39 is 4.84 Å². The predicted octanol–water partition coefficient (Wildman–Crippen LogP) is 3.09. The van der Waals surface area contributed by atoms with Crippen LogP contribution in [0.4, 0.5) is 0 Å². The van der Waals surface area contributed by atoms with Gasteiger partial charge in [0.25, 0.3) is 0 Å². The first kappa shape index (κ1) is 11.2. The van der Waals surface area contributed by atoms with Gasteiger partial charge in [0.2, 0.25) is 0 Å². The summed E-state index contributed by atoms with van der Waals surface area (Å²) in [6, 6.07) is 7.20. The Hall–Kier alpha value is -0.780. The molecule has 4 heteroatoms. The lowest BCUT2D eigenvalue weighted by Gasteiger charge is -1.95. The van der Waals surface area contributed by atoms with Gasteiger partial charge >= 0.3 is 0 Å². The number of halogens is 2. The molecule has 1 rings (SSSR count). The standard InChI is InChI=1S/C6H5Cl2N.C2H3N/c7-6(8)5-3-1-2-4-9-5;1-2-3/h1-4,6H;1H3. The fraction of sp³-hybridized carbons (Fsp3) is 0.250. The molecule has 1 aromatic heterocycles. The van der Waals surface area contributed by atoms with Crippen LogP contribution in [0.3, 0.4) is 0 Å². The number of nitrogens with zero attached hydrogens (tertiary/aromatic N) is 2. The average molecular weight is 203 g/mol. The molecule has 0 bridgehead atoms. The summed E-state index contributed by atoms with van der Waals surface area (Å²) >= 11 is 11.0. The Kier molecular flexibility index (Phi) is 6.45. The number of aromatic nitrogens is 1. The molecule has 2 nitrogen and oxygen atoms in total. The summed E-state index contributed by atoms with van der Waals surface area (Å²) in [7, 11) is 0. The number of alkyl halides is 2. The molecule has 0 N–H and O–H groups in total. The molecule has 0 aliphatic carbocycles. The van der Waals surface area contributed by atoms with E-state index >= 15 is 0 Å². The highest BCUT2D eigenvalue weighted by Crippen LogP contribution is 2.21. The van der Waals surface area contributed by atoms with Gasteiger partial charge in [0, 0.05) is 13.1 Å². The second-order valence-corrected chi connectivity index (χ2v) is 2.88. The highest BCUT2D eigenvalue weighted by atomic mass is 35.5. The van der Waals surface area contributed by atoms with Crippen LogP contribution in [0, 0.1) is 11.3 Å². The van der Waals surface area contributed by atoms with E-state index in [0.717, 1.165) is 0 Å². The highest BCUT2D eigenvalue weighted by molar-refractivity contribution is 6.43. The average Bonchev–Trinajstić information content (AvgIpc) is 2.07. The zero-order valence-corrected chi connectivity index (χ0v) is 8.05. The molecule has 12 heavy (non-hydrogen) atoms. The minimum Gasteiger partial charge on any atom is -0.258 e. The van der Waals surface area contributed by atoms with E-state index in [-0.39, 0.29) is 0 Å². The van der Waals surface area contributed by atoms with Gasteiger partial charge in [-0.1, -0.05) is 29.3 Å². The molecule has 64 valence electrons. The van der Waals surface area contributed by atoms with E-state index in [0.29, 0.717) is 5.69 Å². The Balaban J connectivity index is 0.000000354. The van der Waals surface area contributed by atoms with Crippen LogP contribution in [0.5, 0.6) is 0 Å². The molecule has 0 unspecified atom stereocenters. The van der Waals surface area contributed by atoms with Crippen LogP contribution < -0.4 is 0 Å². The maximum atomic E-state index is 7.32. The summed E-state index contributed by atoms with van der Waals surface area (Å²) in [6.45, 7) is 1.43. The molecule has 1 heterocycles. The van der Waals surface area contributed by atoms with Crippen LogP contribution in [0.1, 0.15) is 17.5 Å². The zero-order valence-electron chi connectivity index (χ0n) is 6.54. The lowest BCUT2D eigenvalue weighted by Crippen LogP contribution is -1.83. The third kappa shape index (κ3) is 4.95. The van der Waals surface area contributed by atoms with Gasteiger partial charge in [-0.25, -0.2) is 0 Å². The summed E-state index contributed by atoms with van der Waals surface area (Å²) in [5.41, 5.74) is 0.695. The number of hydrogen-bond donors (Lipinski definition) is 0. The Morgan fingerprint density at radius 1 is 1.50 bits per heavy atom. The molecule has 0 aromatic carbocycles. The van der Waals surface area contributed by atoms with Crippen LogP contribution in [0.15, 0.2) is 24.4 Å². The van der Waals surface area contributed by atoms with Crippen molar-refractivity contribution in [2.45, 2.75) is 11.8 Å². The first-order valence-corrected chi connectivity index (χ1v) is 4.09. The van der Waals surface area contributed by atoms with Crippen molar-refractivity contribution >= 4 is 23.2 Å². The fourth-order valence-electron chi connectivity index (χ4n) is 0.505. The maximum Gasteiger partial charge on any atom is 0.149 e. The molecular formula is C8H8Cl2N2. The summed E-state index contributed by atoms with van der Waals surface area (Å²) in [4.78, 5) is 3.41. The summed E-state index contributed by atoms with van der Waals surface area (Å²) in [5, 5.41) is 7.32. The lowest BCUT2D eigenvalue weighted by atomic mass is 10.4. The first-order valence-electron chi connectivity index (χ1n) is 3.22. The number of nitriles is 1. The normalized spacial score (nSPS) is 8.25. The molecule has 0 aliphatic rings. The topological polar surface area (TPSA) is 36.7 Å². The summed E-state index contributed by atoms with van der Waals surface area (Å²) in [6.07, 6.45) is 1.66. The molecule has 0 fully saturated rings. The van der Waals surface area contributed by atoms with E-state index in [1.165, 1.54) is 6.92 Å². The SMILES string of the molecule is CC#N.ClC(Cl)c1ccccn1. The van der Waals surface area contributed by atoms with Crippen LogP contribution in [0.2, 0.25) is 0 Å². The number of pyridine rings is 1. The van der Waals surface area contributed by atoms with E-state index in [1.54, 1.807) is 18.3 Å². The summed E-state index contributed by atoms with van der Waals surface area (Å²) < 4.78 is 0. The van der Waals surface area contributed by atoms with E-state index in [1.807, 2.05) is 12.1 Å². The van der Waals surface area contributed by atoms with Gasteiger partial charge in [0.15, 0.2) is 0 Å². The Morgan fingerprint density at radius 2 is 2.08 bits per heavy atom. The van der Waals surface area contributed by atoms with Gasteiger partial charge < -0.3 is 0 Å². The second-order valence-electron chi connectivity index (χ2n) is 1.78. The Labute approximate surface area is 81.8 Å². The minimum absolute atomic E-state index is 0.508. The van der Waals surface area contributed by atoms with Crippen molar-refractivity contribution in [2.75, 3.05) is 0 Å². The maximum absolute atomic E-state index is 7.32. The van der Waals surface area contributed by atoms with Gasteiger partial charge in [-0.05, 0) is 12.1 Å². The molecule has 0 atom stereocenters. The summed E-state index contributed by atoms with van der Waals surface area (Å²) in [5.74, 6) is 0. The molecule has 1 aromatic rings. The second kappa shape index (κ2) is 6.90. The number of hydrogen-bond acceptors (Lipinski definition) is 2. The predicted molar refractivity (Wildman–Crippen MR) is 50.0 cm³/mol. The molecular weight excluding hydrogens is 195 g/mol. The molecule has 0 radical (unpaired) electrons. The van der Waals surface area contributed by atoms with E-state index in [2.05, 4.69) is 4.98 Å². The zero-order chi connectivity index (χ0) is 9.40. The van der Waals surface area contributed by atoms with Gasteiger partial charge in [0.1, 0.15) is 4.84 Å². The van der Waals surface area contributed by atoms with E-state index in [9.17, 15) is 0 Å². The van der Waals surface area contributed by atoms with E-state index in [4.69, 9.17) is 28.5 Å². The van der Waals surface area contributed by atoms with Crippen LogP contribution >= 0.6 is 23.2 Å². The van der Waals surface area contributed by atoms with Crippen LogP contribution in [0.25, 0.3) is 0 Å². The van der Waals surface area contributed by atoms with Crippen molar-refractivity contribution in [3.63, 3.8) is 0 Å². The van der Waals surface area contributed by atoms with Gasteiger partial charge in [-0.3, -0.25) is 4.98 Å². The van der Waals surface area contributed by atoms with Gasteiger partial charge in [0.05, 0.1) is 11.8 Å². The van der Waals surface area contributed by atoms with Gasteiger partial charge in [-0.2, -0.15) is 5.26 Å². The van der Waals surface area contributed by atoms with Crippen LogP contribution in [-0.4, -0.2) is 4.98 Å². The van der Waals surface area contributed by atoms with Crippen molar-refractivity contribution in [3.8, 4) is 6.07 Å². The highest BCUT2D eigenvalue weighted by Gasteiger charge is 2.00. The monoisotopic (exact) mass is 202 g/mol. The van der Waals surface area contributed by atoms with Crippen molar-refractivity contribution in [3.05, 3.63) is 30.1 Å². The first-order chi connectivity index (χ1) is 5.72. The van der Waals surface area contributed by atoms with Crippen molar-refractivity contribution in [1.82, 2.24) is 4.98 Å². The molecule has 0 saturated heterocycles. The molecule has 0 saturated carbocycles. The molecule has 0 spiro atoms. The third-order valence-electron chi connectivity index (χ3n) is 0.911. The minimum atomic E-state index is -0.508. The third-order valence-corrected chi connectivity index (χ3v) is 1.36.